The van der Waals surface area contributed by atoms with E-state index in [2.05, 4.69) is 20.8 Å². The topological polar surface area (TPSA) is 9.23 Å². The first kappa shape index (κ1) is 11.0. The smallest absolute Gasteiger partial charge is 0.165 e. The number of benzene rings is 1. The summed E-state index contributed by atoms with van der Waals surface area (Å²) >= 11 is 0. The first-order valence-electron chi connectivity index (χ1n) is 4.88. The van der Waals surface area contributed by atoms with E-state index in [9.17, 15) is 4.39 Å². The van der Waals surface area contributed by atoms with Gasteiger partial charge in [0, 0.05) is 0 Å². The van der Waals surface area contributed by atoms with Gasteiger partial charge in [-0.1, -0.05) is 26.8 Å². The van der Waals surface area contributed by atoms with Crippen LogP contribution in [0.1, 0.15) is 33.3 Å². The van der Waals surface area contributed by atoms with Gasteiger partial charge in [0.25, 0.3) is 0 Å². The molecule has 0 aromatic heterocycles. The molecule has 0 amide bonds. The van der Waals surface area contributed by atoms with Crippen molar-refractivity contribution in [1.82, 2.24) is 0 Å². The van der Waals surface area contributed by atoms with Crippen LogP contribution in [0.25, 0.3) is 0 Å². The highest BCUT2D eigenvalue weighted by atomic mass is 19.1. The van der Waals surface area contributed by atoms with Crippen LogP contribution < -0.4 is 4.74 Å². The van der Waals surface area contributed by atoms with Crippen LogP contribution in [0.15, 0.2) is 18.2 Å². The van der Waals surface area contributed by atoms with Crippen LogP contribution in [0.5, 0.6) is 5.75 Å². The maximum absolute atomic E-state index is 13.4. The number of hydrogen-bond donors (Lipinski definition) is 0. The molecule has 0 atom stereocenters. The third kappa shape index (κ3) is 2.47. The Morgan fingerprint density at radius 2 is 1.93 bits per heavy atom. The van der Waals surface area contributed by atoms with Crippen LogP contribution in [0.2, 0.25) is 0 Å². The lowest BCUT2D eigenvalue weighted by Gasteiger charge is -2.19. The van der Waals surface area contributed by atoms with Gasteiger partial charge < -0.3 is 4.74 Å². The number of hydrogen-bond acceptors (Lipinski definition) is 1. The predicted molar refractivity (Wildman–Crippen MR) is 56.3 cm³/mol. The molecule has 78 valence electrons. The molecule has 0 aliphatic rings. The van der Waals surface area contributed by atoms with Gasteiger partial charge in [-0.2, -0.15) is 0 Å². The summed E-state index contributed by atoms with van der Waals surface area (Å²) in [4.78, 5) is 0. The lowest BCUT2D eigenvalue weighted by atomic mass is 9.87. The van der Waals surface area contributed by atoms with Crippen molar-refractivity contribution >= 4 is 0 Å². The van der Waals surface area contributed by atoms with Gasteiger partial charge in [-0.15, -0.1) is 0 Å². The molecule has 0 saturated heterocycles. The van der Waals surface area contributed by atoms with Gasteiger partial charge in [-0.3, -0.25) is 0 Å². The summed E-state index contributed by atoms with van der Waals surface area (Å²) < 4.78 is 18.6. The SMILES string of the molecule is CCOc1ccc(C(C)(C)C)cc1F. The Bertz CT molecular complexity index is 313. The zero-order valence-corrected chi connectivity index (χ0v) is 9.23. The second-order valence-corrected chi connectivity index (χ2v) is 4.33. The first-order chi connectivity index (χ1) is 6.45. The van der Waals surface area contributed by atoms with Crippen LogP contribution >= 0.6 is 0 Å². The molecule has 0 bridgehead atoms. The third-order valence-corrected chi connectivity index (χ3v) is 2.10. The lowest BCUT2D eigenvalue weighted by molar-refractivity contribution is 0.321. The highest BCUT2D eigenvalue weighted by Crippen LogP contribution is 2.26. The van der Waals surface area contributed by atoms with Gasteiger partial charge in [0.2, 0.25) is 0 Å². The monoisotopic (exact) mass is 196 g/mol. The van der Waals surface area contributed by atoms with Crippen molar-refractivity contribution in [3.63, 3.8) is 0 Å². The van der Waals surface area contributed by atoms with E-state index in [-0.39, 0.29) is 11.2 Å². The van der Waals surface area contributed by atoms with E-state index < -0.39 is 0 Å². The third-order valence-electron chi connectivity index (χ3n) is 2.10. The molecule has 1 aromatic carbocycles. The summed E-state index contributed by atoms with van der Waals surface area (Å²) in [7, 11) is 0. The molecule has 1 aromatic rings. The Hall–Kier alpha value is -1.05. The van der Waals surface area contributed by atoms with Crippen molar-refractivity contribution in [2.24, 2.45) is 0 Å². The normalized spacial score (nSPS) is 11.5. The molecule has 0 aliphatic carbocycles. The minimum atomic E-state index is -0.278. The van der Waals surface area contributed by atoms with E-state index in [0.717, 1.165) is 5.56 Å². The summed E-state index contributed by atoms with van der Waals surface area (Å²) in [5, 5.41) is 0. The van der Waals surface area contributed by atoms with Crippen LogP contribution in [-0.4, -0.2) is 6.61 Å². The number of rotatable bonds is 2. The quantitative estimate of drug-likeness (QED) is 0.703. The fourth-order valence-corrected chi connectivity index (χ4v) is 1.24. The molecular formula is C12H17FO. The molecule has 0 heterocycles. The maximum Gasteiger partial charge on any atom is 0.165 e. The summed E-state index contributed by atoms with van der Waals surface area (Å²) in [6, 6.07) is 5.15. The Morgan fingerprint density at radius 1 is 1.29 bits per heavy atom. The van der Waals surface area contributed by atoms with Gasteiger partial charge in [0.1, 0.15) is 0 Å². The zero-order valence-electron chi connectivity index (χ0n) is 9.23. The van der Waals surface area contributed by atoms with E-state index in [0.29, 0.717) is 12.4 Å². The average Bonchev–Trinajstić information content (AvgIpc) is 2.07. The minimum absolute atomic E-state index is 0.0222. The van der Waals surface area contributed by atoms with Crippen LogP contribution in [0.3, 0.4) is 0 Å². The second-order valence-electron chi connectivity index (χ2n) is 4.33. The van der Waals surface area contributed by atoms with Crippen LogP contribution in [-0.2, 0) is 5.41 Å². The van der Waals surface area contributed by atoms with Gasteiger partial charge in [-0.05, 0) is 30.0 Å². The molecule has 0 unspecified atom stereocenters. The van der Waals surface area contributed by atoms with Crippen molar-refractivity contribution < 1.29 is 9.13 Å². The molecule has 0 saturated carbocycles. The van der Waals surface area contributed by atoms with Gasteiger partial charge in [0.05, 0.1) is 6.61 Å². The maximum atomic E-state index is 13.4. The molecule has 1 nitrogen and oxygen atoms in total. The molecule has 0 N–H and O–H groups in total. The molecular weight excluding hydrogens is 179 g/mol. The zero-order chi connectivity index (χ0) is 10.8. The Kier molecular flexibility index (Phi) is 3.14. The fourth-order valence-electron chi connectivity index (χ4n) is 1.24. The molecule has 14 heavy (non-hydrogen) atoms. The number of halogens is 1. The molecule has 0 radical (unpaired) electrons. The van der Waals surface area contributed by atoms with E-state index in [1.807, 2.05) is 13.0 Å². The molecule has 0 fully saturated rings. The van der Waals surface area contributed by atoms with Gasteiger partial charge in [-0.25, -0.2) is 4.39 Å². The van der Waals surface area contributed by atoms with Crippen LogP contribution in [0, 0.1) is 5.82 Å². The van der Waals surface area contributed by atoms with E-state index >= 15 is 0 Å². The molecule has 0 aliphatic heterocycles. The van der Waals surface area contributed by atoms with Crippen LogP contribution in [0.4, 0.5) is 4.39 Å². The Balaban J connectivity index is 3.01. The van der Waals surface area contributed by atoms with E-state index in [1.54, 1.807) is 12.1 Å². The highest BCUT2D eigenvalue weighted by Gasteiger charge is 2.15. The van der Waals surface area contributed by atoms with Gasteiger partial charge in [0.15, 0.2) is 11.6 Å². The Labute approximate surface area is 84.9 Å². The molecule has 1 rings (SSSR count). The van der Waals surface area contributed by atoms with Crippen molar-refractivity contribution in [2.75, 3.05) is 6.61 Å². The standard InChI is InChI=1S/C12H17FO/c1-5-14-11-7-6-9(8-10(11)13)12(2,3)4/h6-8H,5H2,1-4H3. The van der Waals surface area contributed by atoms with E-state index in [4.69, 9.17) is 4.74 Å². The molecule has 0 spiro atoms. The summed E-state index contributed by atoms with van der Waals surface area (Å²) in [5.41, 5.74) is 0.962. The van der Waals surface area contributed by atoms with Crippen molar-refractivity contribution in [3.8, 4) is 5.75 Å². The fraction of sp³-hybridized carbons (Fsp3) is 0.500. The van der Waals surface area contributed by atoms with Crippen molar-refractivity contribution in [1.29, 1.82) is 0 Å². The Morgan fingerprint density at radius 3 is 2.36 bits per heavy atom. The number of ether oxygens (including phenoxy) is 1. The predicted octanol–water partition coefficient (Wildman–Crippen LogP) is 3.52. The van der Waals surface area contributed by atoms with Crippen molar-refractivity contribution in [3.05, 3.63) is 29.6 Å². The molecule has 2 heteroatoms. The summed E-state index contributed by atoms with van der Waals surface area (Å²) in [5.74, 6) is 0.0553. The minimum Gasteiger partial charge on any atom is -0.491 e. The largest absolute Gasteiger partial charge is 0.491 e. The van der Waals surface area contributed by atoms with Gasteiger partial charge >= 0.3 is 0 Å². The second kappa shape index (κ2) is 3.99. The lowest BCUT2D eigenvalue weighted by Crippen LogP contribution is -2.11. The highest BCUT2D eigenvalue weighted by molar-refractivity contribution is 5.32. The average molecular weight is 196 g/mol. The summed E-state index contributed by atoms with van der Waals surface area (Å²) in [6.45, 7) is 8.51. The van der Waals surface area contributed by atoms with Crippen molar-refractivity contribution in [2.45, 2.75) is 33.1 Å². The first-order valence-corrected chi connectivity index (χ1v) is 4.88. The summed E-state index contributed by atoms with van der Waals surface area (Å²) in [6.07, 6.45) is 0. The van der Waals surface area contributed by atoms with E-state index in [1.165, 1.54) is 0 Å².